The average molecular weight is 430 g/mol. The molecule has 0 aliphatic carbocycles. The summed E-state index contributed by atoms with van der Waals surface area (Å²) in [5.41, 5.74) is -0.585. The fourth-order valence-electron chi connectivity index (χ4n) is 1.23. The van der Waals surface area contributed by atoms with Crippen molar-refractivity contribution in [3.63, 3.8) is 0 Å². The van der Waals surface area contributed by atoms with E-state index < -0.39 is 17.5 Å². The first-order valence-electron chi connectivity index (χ1n) is 5.56. The first-order valence-corrected chi connectivity index (χ1v) is 7.96. The van der Waals surface area contributed by atoms with Crippen LogP contribution in [0.2, 0.25) is 0 Å². The van der Waals surface area contributed by atoms with Crippen LogP contribution in [-0.2, 0) is 14.3 Å². The van der Waals surface area contributed by atoms with Gasteiger partial charge in [-0.1, -0.05) is 0 Å². The van der Waals surface area contributed by atoms with E-state index >= 15 is 0 Å². The summed E-state index contributed by atoms with van der Waals surface area (Å²) >= 11 is 7.73. The molecule has 112 valence electrons. The standard InChI is InChI=1S/C12H14Br2O5S/c1-12(2,3)19-6(15)5-18-8-7(13)10(14)20-9(8)11(16)17-4/h5H2,1-4H3. The minimum Gasteiger partial charge on any atom is -0.479 e. The lowest BCUT2D eigenvalue weighted by atomic mass is 10.2. The molecule has 20 heavy (non-hydrogen) atoms. The van der Waals surface area contributed by atoms with Gasteiger partial charge in [0.15, 0.2) is 17.2 Å². The number of esters is 2. The van der Waals surface area contributed by atoms with Crippen molar-refractivity contribution in [1.29, 1.82) is 0 Å². The van der Waals surface area contributed by atoms with Gasteiger partial charge < -0.3 is 14.2 Å². The predicted octanol–water partition coefficient (Wildman–Crippen LogP) is 3.78. The van der Waals surface area contributed by atoms with Crippen LogP contribution >= 0.6 is 43.2 Å². The van der Waals surface area contributed by atoms with Gasteiger partial charge in [-0.2, -0.15) is 0 Å². The molecule has 0 radical (unpaired) electrons. The smallest absolute Gasteiger partial charge is 0.351 e. The normalized spacial score (nSPS) is 11.1. The monoisotopic (exact) mass is 428 g/mol. The summed E-state index contributed by atoms with van der Waals surface area (Å²) in [5.74, 6) is -0.775. The number of methoxy groups -OCH3 is 1. The molecule has 1 aromatic heterocycles. The lowest BCUT2D eigenvalue weighted by Crippen LogP contribution is -2.27. The van der Waals surface area contributed by atoms with Gasteiger partial charge in [0, 0.05) is 0 Å². The topological polar surface area (TPSA) is 61.8 Å². The number of ether oxygens (including phenoxy) is 3. The van der Waals surface area contributed by atoms with Gasteiger partial charge in [-0.3, -0.25) is 0 Å². The van der Waals surface area contributed by atoms with Gasteiger partial charge in [0.05, 0.1) is 15.4 Å². The maximum atomic E-state index is 11.6. The van der Waals surface area contributed by atoms with E-state index in [0.29, 0.717) is 8.26 Å². The molecule has 1 rings (SSSR count). The van der Waals surface area contributed by atoms with E-state index in [9.17, 15) is 9.59 Å². The Balaban J connectivity index is 2.82. The van der Waals surface area contributed by atoms with Gasteiger partial charge in [0.2, 0.25) is 0 Å². The summed E-state index contributed by atoms with van der Waals surface area (Å²) in [6.45, 7) is 5.01. The van der Waals surface area contributed by atoms with Crippen molar-refractivity contribution in [3.05, 3.63) is 13.1 Å². The van der Waals surface area contributed by atoms with Gasteiger partial charge in [0.25, 0.3) is 0 Å². The van der Waals surface area contributed by atoms with Gasteiger partial charge >= 0.3 is 11.9 Å². The first kappa shape index (κ1) is 17.5. The molecular formula is C12H14Br2O5S. The Morgan fingerprint density at radius 1 is 1.25 bits per heavy atom. The van der Waals surface area contributed by atoms with Crippen molar-refractivity contribution in [3.8, 4) is 5.75 Å². The number of carbonyl (C=O) groups excluding carboxylic acids is 2. The Hall–Kier alpha value is -0.600. The Morgan fingerprint density at radius 2 is 1.85 bits per heavy atom. The number of carbonyl (C=O) groups is 2. The fraction of sp³-hybridized carbons (Fsp3) is 0.500. The first-order chi connectivity index (χ1) is 9.15. The summed E-state index contributed by atoms with van der Waals surface area (Å²) in [5, 5.41) is 0. The number of rotatable bonds is 4. The highest BCUT2D eigenvalue weighted by atomic mass is 79.9. The molecular weight excluding hydrogens is 416 g/mol. The average Bonchev–Trinajstić information content (AvgIpc) is 2.60. The minimum atomic E-state index is -0.585. The van der Waals surface area contributed by atoms with Crippen LogP contribution in [0.5, 0.6) is 5.75 Å². The summed E-state index contributed by atoms with van der Waals surface area (Å²) in [6, 6.07) is 0. The number of halogens is 2. The van der Waals surface area contributed by atoms with Crippen LogP contribution in [0.15, 0.2) is 8.26 Å². The zero-order chi connectivity index (χ0) is 15.5. The molecule has 0 N–H and O–H groups in total. The molecule has 1 heterocycles. The van der Waals surface area contributed by atoms with Crippen molar-refractivity contribution < 1.29 is 23.8 Å². The zero-order valence-corrected chi connectivity index (χ0v) is 15.4. The van der Waals surface area contributed by atoms with Crippen LogP contribution < -0.4 is 4.74 Å². The lowest BCUT2D eigenvalue weighted by Gasteiger charge is -2.19. The predicted molar refractivity (Wildman–Crippen MR) is 82.4 cm³/mol. The largest absolute Gasteiger partial charge is 0.479 e. The van der Waals surface area contributed by atoms with Crippen molar-refractivity contribution in [2.24, 2.45) is 0 Å². The van der Waals surface area contributed by atoms with Crippen molar-refractivity contribution >= 4 is 55.1 Å². The Labute approximate surface area is 137 Å². The lowest BCUT2D eigenvalue weighted by molar-refractivity contribution is -0.157. The second-order valence-electron chi connectivity index (χ2n) is 4.71. The van der Waals surface area contributed by atoms with Crippen LogP contribution in [0.3, 0.4) is 0 Å². The second kappa shape index (κ2) is 6.91. The number of hydrogen-bond donors (Lipinski definition) is 0. The molecule has 0 fully saturated rings. The molecule has 5 nitrogen and oxygen atoms in total. The minimum absolute atomic E-state index is 0.264. The quantitative estimate of drug-likeness (QED) is 0.681. The molecule has 0 amide bonds. The van der Waals surface area contributed by atoms with Crippen LogP contribution in [-0.4, -0.2) is 31.3 Å². The maximum Gasteiger partial charge on any atom is 0.351 e. The molecule has 0 aliphatic rings. The molecule has 0 saturated carbocycles. The van der Waals surface area contributed by atoms with E-state index in [2.05, 4.69) is 36.6 Å². The van der Waals surface area contributed by atoms with Gasteiger partial charge in [0.1, 0.15) is 5.60 Å². The number of thiophene rings is 1. The highest BCUT2D eigenvalue weighted by Crippen LogP contribution is 2.43. The SMILES string of the molecule is COC(=O)c1sc(Br)c(Br)c1OCC(=O)OC(C)(C)C. The van der Waals surface area contributed by atoms with Gasteiger partial charge in [-0.15, -0.1) is 11.3 Å². The molecule has 1 aromatic rings. The molecule has 0 saturated heterocycles. The van der Waals surface area contributed by atoms with E-state index in [1.165, 1.54) is 7.11 Å². The Morgan fingerprint density at radius 3 is 2.35 bits per heavy atom. The second-order valence-corrected chi connectivity index (χ2v) is 7.85. The molecule has 0 aromatic carbocycles. The highest BCUT2D eigenvalue weighted by Gasteiger charge is 2.24. The third kappa shape index (κ3) is 4.75. The Bertz CT molecular complexity index is 519. The fourth-order valence-corrected chi connectivity index (χ4v) is 3.36. The molecule has 0 spiro atoms. The number of hydrogen-bond acceptors (Lipinski definition) is 6. The van der Waals surface area contributed by atoms with Crippen molar-refractivity contribution in [2.45, 2.75) is 26.4 Å². The molecule has 8 heteroatoms. The van der Waals surface area contributed by atoms with Gasteiger partial charge in [-0.05, 0) is 52.6 Å². The van der Waals surface area contributed by atoms with Crippen LogP contribution in [0.4, 0.5) is 0 Å². The third-order valence-corrected chi connectivity index (χ3v) is 5.27. The van der Waals surface area contributed by atoms with E-state index in [4.69, 9.17) is 9.47 Å². The van der Waals surface area contributed by atoms with E-state index in [0.717, 1.165) is 11.3 Å². The van der Waals surface area contributed by atoms with E-state index in [-0.39, 0.29) is 17.2 Å². The van der Waals surface area contributed by atoms with Crippen LogP contribution in [0.25, 0.3) is 0 Å². The van der Waals surface area contributed by atoms with Gasteiger partial charge in [-0.25, -0.2) is 9.59 Å². The molecule has 0 aliphatic heterocycles. The summed E-state index contributed by atoms with van der Waals surface area (Å²) in [4.78, 5) is 23.5. The molecule has 0 bridgehead atoms. The summed E-state index contributed by atoms with van der Waals surface area (Å²) < 4.78 is 16.4. The van der Waals surface area contributed by atoms with Crippen molar-refractivity contribution in [2.75, 3.05) is 13.7 Å². The van der Waals surface area contributed by atoms with E-state index in [1.807, 2.05) is 0 Å². The highest BCUT2D eigenvalue weighted by molar-refractivity contribution is 9.13. The zero-order valence-electron chi connectivity index (χ0n) is 11.4. The van der Waals surface area contributed by atoms with E-state index in [1.54, 1.807) is 20.8 Å². The summed E-state index contributed by atoms with van der Waals surface area (Å²) in [6.07, 6.45) is 0. The Kier molecular flexibility index (Phi) is 6.03. The maximum absolute atomic E-state index is 11.6. The molecule has 0 atom stereocenters. The van der Waals surface area contributed by atoms with Crippen LogP contribution in [0, 0.1) is 0 Å². The van der Waals surface area contributed by atoms with Crippen molar-refractivity contribution in [1.82, 2.24) is 0 Å². The third-order valence-electron chi connectivity index (χ3n) is 1.89. The van der Waals surface area contributed by atoms with Crippen LogP contribution in [0.1, 0.15) is 30.4 Å². The summed E-state index contributed by atoms with van der Waals surface area (Å²) in [7, 11) is 1.28. The molecule has 0 unspecified atom stereocenters.